The molecule has 7 rings (SSSR count). The van der Waals surface area contributed by atoms with Gasteiger partial charge in [0.15, 0.2) is 0 Å². The van der Waals surface area contributed by atoms with Gasteiger partial charge in [-0.15, -0.1) is 6.58 Å². The minimum absolute atomic E-state index is 0.0554. The number of rotatable bonds is 7. The number of carbonyl (C=O) groups excluding carboxylic acids is 4. The van der Waals surface area contributed by atoms with Gasteiger partial charge in [-0.1, -0.05) is 35.9 Å². The lowest BCUT2D eigenvalue weighted by molar-refractivity contribution is -0.385. The van der Waals surface area contributed by atoms with E-state index in [0.717, 1.165) is 9.80 Å². The molecule has 2 heterocycles. The number of amides is 4. The van der Waals surface area contributed by atoms with Crippen LogP contribution in [0.3, 0.4) is 0 Å². The van der Waals surface area contributed by atoms with E-state index >= 15 is 0 Å². The second-order valence-electron chi connectivity index (χ2n) is 12.4. The van der Waals surface area contributed by atoms with Gasteiger partial charge in [0.25, 0.3) is 11.4 Å². The molecule has 0 unspecified atom stereocenters. The number of anilines is 2. The zero-order valence-corrected chi connectivity index (χ0v) is 25.3. The summed E-state index contributed by atoms with van der Waals surface area (Å²) in [5.74, 6) is -7.00. The second-order valence-corrected chi connectivity index (χ2v) is 12.4. The number of nitro benzene ring substituents is 2. The highest BCUT2D eigenvalue weighted by Gasteiger charge is 2.62. The third-order valence-electron chi connectivity index (χ3n) is 10.1. The fourth-order valence-electron chi connectivity index (χ4n) is 8.07. The molecule has 48 heavy (non-hydrogen) atoms. The van der Waals surface area contributed by atoms with Gasteiger partial charge in [-0.05, 0) is 55.0 Å². The van der Waals surface area contributed by atoms with Crippen LogP contribution in [0.1, 0.15) is 29.9 Å². The van der Waals surface area contributed by atoms with Crippen LogP contribution in [0.2, 0.25) is 0 Å². The number of allylic oxidation sites excluding steroid dienone is 3. The average molecular weight is 649 g/mol. The van der Waals surface area contributed by atoms with Gasteiger partial charge < -0.3 is 5.11 Å². The number of para-hydroxylation sites is 1. The number of imide groups is 2. The van der Waals surface area contributed by atoms with Crippen LogP contribution in [0.25, 0.3) is 0 Å². The van der Waals surface area contributed by atoms with Gasteiger partial charge >= 0.3 is 0 Å². The zero-order chi connectivity index (χ0) is 34.0. The molecule has 1 N–H and O–H groups in total. The summed E-state index contributed by atoms with van der Waals surface area (Å²) in [6, 6.07) is 15.4. The molecule has 2 aliphatic heterocycles. The zero-order valence-electron chi connectivity index (χ0n) is 25.3. The van der Waals surface area contributed by atoms with Crippen molar-refractivity contribution in [3.8, 4) is 5.75 Å². The Morgan fingerprint density at radius 3 is 1.83 bits per heavy atom. The number of hydrogen-bond donors (Lipinski definition) is 1. The van der Waals surface area contributed by atoms with Gasteiger partial charge in [0.2, 0.25) is 23.6 Å². The maximum absolute atomic E-state index is 14.3. The van der Waals surface area contributed by atoms with Crippen molar-refractivity contribution in [1.29, 1.82) is 0 Å². The number of hydrogen-bond acceptors (Lipinski definition) is 9. The quantitative estimate of drug-likeness (QED) is 0.160. The van der Waals surface area contributed by atoms with Crippen molar-refractivity contribution in [1.82, 2.24) is 0 Å². The summed E-state index contributed by atoms with van der Waals surface area (Å²) in [7, 11) is 0. The smallest absolute Gasteiger partial charge is 0.269 e. The molecule has 0 spiro atoms. The SMILES string of the molecule is C=CCc1cccc([C@H]2C3=CC[C@@H]4C(=O)N(c5ccc([N+](=O)[O-])cc5)C(=O)[C@@H]4[C@@H]3C[C@H]3C(=O)N(c4ccc([N+](=O)[O-])cc4)C(=O)[C@@H]23)c1O. The molecule has 13 heteroatoms. The van der Waals surface area contributed by atoms with Crippen molar-refractivity contribution < 1.29 is 34.1 Å². The first-order valence-electron chi connectivity index (χ1n) is 15.4. The molecule has 4 amide bonds. The number of fused-ring (bicyclic) bond motifs is 4. The number of nitrogens with zero attached hydrogens (tertiary/aromatic N) is 4. The molecule has 13 nitrogen and oxygen atoms in total. The number of aromatic hydroxyl groups is 1. The fraction of sp³-hybridized carbons (Fsp3) is 0.257. The van der Waals surface area contributed by atoms with Crippen molar-refractivity contribution in [2.45, 2.75) is 25.2 Å². The predicted octanol–water partition coefficient (Wildman–Crippen LogP) is 4.98. The molecule has 1 saturated carbocycles. The van der Waals surface area contributed by atoms with Crippen LogP contribution in [-0.2, 0) is 25.6 Å². The largest absolute Gasteiger partial charge is 0.507 e. The maximum atomic E-state index is 14.3. The van der Waals surface area contributed by atoms with E-state index in [1.54, 1.807) is 24.3 Å². The summed E-state index contributed by atoms with van der Waals surface area (Å²) in [5.41, 5.74) is 1.62. The Morgan fingerprint density at radius 2 is 1.29 bits per heavy atom. The molecule has 4 aliphatic rings. The molecule has 0 bridgehead atoms. The van der Waals surface area contributed by atoms with Gasteiger partial charge in [0, 0.05) is 35.7 Å². The highest BCUT2D eigenvalue weighted by atomic mass is 16.6. The summed E-state index contributed by atoms with van der Waals surface area (Å²) < 4.78 is 0. The highest BCUT2D eigenvalue weighted by Crippen LogP contribution is 2.59. The van der Waals surface area contributed by atoms with E-state index < -0.39 is 69.0 Å². The topological polar surface area (TPSA) is 181 Å². The lowest BCUT2D eigenvalue weighted by Crippen LogP contribution is -2.43. The Balaban J connectivity index is 1.32. The number of non-ortho nitro benzene ring substituents is 2. The van der Waals surface area contributed by atoms with E-state index in [-0.39, 0.29) is 41.3 Å². The summed E-state index contributed by atoms with van der Waals surface area (Å²) in [4.78, 5) is 79.7. The monoisotopic (exact) mass is 648 g/mol. The van der Waals surface area contributed by atoms with Crippen LogP contribution >= 0.6 is 0 Å². The number of phenols is 1. The first kappa shape index (κ1) is 30.7. The molecule has 6 atom stereocenters. The third-order valence-corrected chi connectivity index (χ3v) is 10.1. The van der Waals surface area contributed by atoms with Gasteiger partial charge in [-0.2, -0.15) is 0 Å². The van der Waals surface area contributed by atoms with E-state index in [4.69, 9.17) is 0 Å². The molecule has 0 aromatic heterocycles. The summed E-state index contributed by atoms with van der Waals surface area (Å²) in [6.07, 6.45) is 4.09. The molecule has 2 aliphatic carbocycles. The number of nitro groups is 2. The number of carbonyl (C=O) groups is 4. The van der Waals surface area contributed by atoms with Crippen molar-refractivity contribution in [2.75, 3.05) is 9.80 Å². The molecular formula is C35H28N4O9. The Hall–Kier alpha value is -5.98. The summed E-state index contributed by atoms with van der Waals surface area (Å²) >= 11 is 0. The molecule has 3 fully saturated rings. The van der Waals surface area contributed by atoms with E-state index in [1.165, 1.54) is 48.5 Å². The van der Waals surface area contributed by atoms with Crippen molar-refractivity contribution in [2.24, 2.45) is 29.6 Å². The fourth-order valence-corrected chi connectivity index (χ4v) is 8.07. The average Bonchev–Trinajstić information content (AvgIpc) is 3.48. The molecule has 3 aromatic carbocycles. The Labute approximate surface area is 273 Å². The van der Waals surface area contributed by atoms with Crippen LogP contribution in [0.5, 0.6) is 5.75 Å². The Kier molecular flexibility index (Phi) is 7.26. The molecule has 3 aromatic rings. The first-order chi connectivity index (χ1) is 23.0. The molecule has 2 saturated heterocycles. The van der Waals surface area contributed by atoms with Crippen molar-refractivity contribution >= 4 is 46.4 Å². The number of phenolic OH excluding ortho intramolecular Hbond substituents is 1. The summed E-state index contributed by atoms with van der Waals surface area (Å²) in [5, 5.41) is 34.0. The van der Waals surface area contributed by atoms with Crippen LogP contribution in [-0.4, -0.2) is 38.6 Å². The summed E-state index contributed by atoms with van der Waals surface area (Å²) in [6.45, 7) is 3.76. The standard InChI is InChI=1S/C35H28N4O9/c1-2-4-18-5-3-6-24(31(18)40)28-23-15-16-25-29(34(43)36(32(25)41)19-7-11-21(12-8-19)38(45)46)26(23)17-27-30(28)35(44)37(33(27)42)20-9-13-22(14-10-20)39(47)48/h2-3,5-15,25-30,40H,1,4,16-17H2/t25-,26+,27+,28+,29-,30+/m0/s1. The van der Waals surface area contributed by atoms with E-state index in [0.29, 0.717) is 23.1 Å². The van der Waals surface area contributed by atoms with Crippen LogP contribution in [0.15, 0.2) is 91.0 Å². The third kappa shape index (κ3) is 4.53. The van der Waals surface area contributed by atoms with Crippen LogP contribution < -0.4 is 9.80 Å². The minimum atomic E-state index is -0.949. The molecule has 242 valence electrons. The number of benzene rings is 3. The predicted molar refractivity (Wildman–Crippen MR) is 171 cm³/mol. The maximum Gasteiger partial charge on any atom is 0.269 e. The van der Waals surface area contributed by atoms with Gasteiger partial charge in [-0.3, -0.25) is 49.2 Å². The Morgan fingerprint density at radius 1 is 0.750 bits per heavy atom. The van der Waals surface area contributed by atoms with Gasteiger partial charge in [-0.25, -0.2) is 0 Å². The minimum Gasteiger partial charge on any atom is -0.507 e. The van der Waals surface area contributed by atoms with E-state index in [2.05, 4.69) is 6.58 Å². The van der Waals surface area contributed by atoms with Crippen molar-refractivity contribution in [3.63, 3.8) is 0 Å². The first-order valence-corrected chi connectivity index (χ1v) is 15.4. The second kappa shape index (κ2) is 11.4. The van der Waals surface area contributed by atoms with E-state index in [9.17, 15) is 44.5 Å². The lowest BCUT2D eigenvalue weighted by atomic mass is 9.57. The lowest BCUT2D eigenvalue weighted by Gasteiger charge is -2.44. The highest BCUT2D eigenvalue weighted by molar-refractivity contribution is 6.24. The van der Waals surface area contributed by atoms with Crippen LogP contribution in [0.4, 0.5) is 22.7 Å². The van der Waals surface area contributed by atoms with Crippen molar-refractivity contribution in [3.05, 3.63) is 122 Å². The van der Waals surface area contributed by atoms with Gasteiger partial charge in [0.1, 0.15) is 5.75 Å². The van der Waals surface area contributed by atoms with Gasteiger partial charge in [0.05, 0.1) is 44.9 Å². The normalized spacial score (nSPS) is 26.1. The Bertz CT molecular complexity index is 1970. The van der Waals surface area contributed by atoms with E-state index in [1.807, 2.05) is 6.08 Å². The molecular weight excluding hydrogens is 620 g/mol. The van der Waals surface area contributed by atoms with Crippen LogP contribution in [0, 0.1) is 49.8 Å². The molecule has 0 radical (unpaired) electrons.